The van der Waals surface area contributed by atoms with Crippen LogP contribution in [-0.2, 0) is 22.6 Å². The smallest absolute Gasteiger partial charge is 0.409 e. The highest BCUT2D eigenvalue weighted by molar-refractivity contribution is 7.71. The van der Waals surface area contributed by atoms with E-state index in [1.54, 1.807) is 0 Å². The molecule has 2 rings (SSSR count). The van der Waals surface area contributed by atoms with Crippen molar-refractivity contribution in [2.45, 2.75) is 11.9 Å². The molecule has 2 aromatic rings. The van der Waals surface area contributed by atoms with Crippen molar-refractivity contribution in [1.29, 1.82) is 0 Å². The normalized spacial score (nSPS) is 12.8. The first-order valence-corrected chi connectivity index (χ1v) is 8.62. The maximum atomic E-state index is 12.8. The van der Waals surface area contributed by atoms with Gasteiger partial charge in [0, 0.05) is 5.56 Å². The van der Waals surface area contributed by atoms with E-state index in [0.717, 1.165) is 4.68 Å². The largest absolute Gasteiger partial charge is 0.416 e. The average Bonchev–Trinajstić information content (AvgIpc) is 2.82. The summed E-state index contributed by atoms with van der Waals surface area (Å²) in [5.74, 6) is -1.46. The number of nitrogens with zero attached hydrogens (tertiary/aromatic N) is 3. The number of thiol groups is 1. The molecule has 142 valence electrons. The van der Waals surface area contributed by atoms with Crippen LogP contribution in [0.4, 0.5) is 19.0 Å². The minimum atomic E-state index is -4.69. The molecule has 0 saturated heterocycles. The summed E-state index contributed by atoms with van der Waals surface area (Å²) in [6, 6.07) is 1.22. The van der Waals surface area contributed by atoms with Gasteiger partial charge < -0.3 is 16.7 Å². The lowest BCUT2D eigenvalue weighted by Gasteiger charge is -2.13. The number of aromatic nitrogens is 2. The van der Waals surface area contributed by atoms with Gasteiger partial charge in [0.05, 0.1) is 21.4 Å². The number of benzene rings is 1. The zero-order valence-electron chi connectivity index (χ0n) is 12.5. The van der Waals surface area contributed by atoms with Gasteiger partial charge in [0.25, 0.3) is 0 Å². The van der Waals surface area contributed by atoms with Gasteiger partial charge in [-0.15, -0.1) is 0 Å². The second-order valence-corrected chi connectivity index (χ2v) is 6.68. The summed E-state index contributed by atoms with van der Waals surface area (Å²) in [5.41, 5.74) is 9.56. The van der Waals surface area contributed by atoms with Crippen molar-refractivity contribution in [2.75, 3.05) is 5.73 Å². The van der Waals surface area contributed by atoms with Crippen LogP contribution in [0.3, 0.4) is 0 Å². The van der Waals surface area contributed by atoms with Crippen LogP contribution < -0.4 is 11.5 Å². The Morgan fingerprint density at radius 3 is 2.27 bits per heavy atom. The lowest BCUT2D eigenvalue weighted by Crippen LogP contribution is -2.16. The van der Waals surface area contributed by atoms with Crippen LogP contribution in [0.2, 0.25) is 10.0 Å². The first-order chi connectivity index (χ1) is 12.0. The maximum absolute atomic E-state index is 12.8. The van der Waals surface area contributed by atoms with Crippen LogP contribution in [0, 0.1) is 0 Å². The van der Waals surface area contributed by atoms with Crippen LogP contribution in [0.1, 0.15) is 16.8 Å². The highest BCUT2D eigenvalue weighted by Crippen LogP contribution is 2.38. The predicted molar refractivity (Wildman–Crippen MR) is 89.5 cm³/mol. The van der Waals surface area contributed by atoms with E-state index in [2.05, 4.69) is 10.3 Å². The third-order valence-corrected chi connectivity index (χ3v) is 4.37. The number of amidine groups is 1. The van der Waals surface area contributed by atoms with E-state index in [1.807, 2.05) is 0 Å². The fourth-order valence-electron chi connectivity index (χ4n) is 2.10. The second-order valence-electron chi connectivity index (χ2n) is 4.89. The van der Waals surface area contributed by atoms with E-state index in [1.165, 1.54) is 0 Å². The van der Waals surface area contributed by atoms with Crippen molar-refractivity contribution in [3.8, 4) is 5.69 Å². The summed E-state index contributed by atoms with van der Waals surface area (Å²) < 4.78 is 61.4. The summed E-state index contributed by atoms with van der Waals surface area (Å²) in [6.07, 6.45) is -4.69. The van der Waals surface area contributed by atoms with E-state index in [0.29, 0.717) is 12.1 Å². The lowest BCUT2D eigenvalue weighted by molar-refractivity contribution is -0.137. The quantitative estimate of drug-likeness (QED) is 0.192. The van der Waals surface area contributed by atoms with Gasteiger partial charge in [-0.3, -0.25) is 0 Å². The molecule has 0 radical (unpaired) electrons. The highest BCUT2D eigenvalue weighted by atomic mass is 35.5. The molecular formula is C12H10Cl2F3N5O3S. The summed E-state index contributed by atoms with van der Waals surface area (Å²) in [6.45, 7) is 0. The Labute approximate surface area is 155 Å². The number of nitrogens with two attached hydrogens (primary N) is 2. The molecule has 8 nitrogen and oxygen atoms in total. The molecule has 0 spiro atoms. The number of hydrogen-bond acceptors (Lipinski definition) is 6. The molecule has 14 heteroatoms. The van der Waals surface area contributed by atoms with Crippen molar-refractivity contribution in [3.05, 3.63) is 39.0 Å². The highest BCUT2D eigenvalue weighted by Gasteiger charge is 2.33. The summed E-state index contributed by atoms with van der Waals surface area (Å²) in [7, 11) is -2.97. The molecule has 0 aliphatic rings. The fraction of sp³-hybridized carbons (Fsp3) is 0.167. The number of oxime groups is 1. The van der Waals surface area contributed by atoms with Crippen molar-refractivity contribution in [2.24, 2.45) is 10.9 Å². The first kappa shape index (κ1) is 20.1. The molecule has 0 bridgehead atoms. The van der Waals surface area contributed by atoms with E-state index in [4.69, 9.17) is 39.9 Å². The average molecular weight is 432 g/mol. The van der Waals surface area contributed by atoms with Crippen molar-refractivity contribution < 1.29 is 26.8 Å². The SMILES string of the molecule is NC(=NO)c1nn(-c2c(Cl)cc(C(F)(F)F)cc2Cl)c(N)c1C[SH](=O)=O. The topological polar surface area (TPSA) is 137 Å². The zero-order valence-corrected chi connectivity index (χ0v) is 14.9. The summed E-state index contributed by atoms with van der Waals surface area (Å²) in [5, 5.41) is 14.5. The van der Waals surface area contributed by atoms with Gasteiger partial charge in [-0.1, -0.05) is 28.4 Å². The molecule has 0 aliphatic heterocycles. The van der Waals surface area contributed by atoms with Crippen LogP contribution in [0.25, 0.3) is 5.69 Å². The molecule has 1 aromatic heterocycles. The molecule has 0 fully saturated rings. The van der Waals surface area contributed by atoms with E-state index in [9.17, 15) is 21.6 Å². The number of nitrogen functional groups attached to an aromatic ring is 1. The van der Waals surface area contributed by atoms with E-state index < -0.39 is 44.1 Å². The second kappa shape index (κ2) is 7.21. The zero-order chi connectivity index (χ0) is 19.8. The van der Waals surface area contributed by atoms with Crippen molar-refractivity contribution >= 4 is 45.6 Å². The number of hydrogen-bond donors (Lipinski definition) is 4. The molecule has 1 heterocycles. The Balaban J connectivity index is 2.76. The summed E-state index contributed by atoms with van der Waals surface area (Å²) in [4.78, 5) is 0. The van der Waals surface area contributed by atoms with Gasteiger partial charge >= 0.3 is 6.18 Å². The Kier molecular flexibility index (Phi) is 5.58. The van der Waals surface area contributed by atoms with Gasteiger partial charge in [0.2, 0.25) is 0 Å². The van der Waals surface area contributed by atoms with Gasteiger partial charge in [-0.2, -0.15) is 18.3 Å². The Morgan fingerprint density at radius 1 is 1.31 bits per heavy atom. The predicted octanol–water partition coefficient (Wildman–Crippen LogP) is 1.99. The minimum Gasteiger partial charge on any atom is -0.409 e. The van der Waals surface area contributed by atoms with E-state index in [-0.39, 0.29) is 22.8 Å². The molecule has 26 heavy (non-hydrogen) atoms. The lowest BCUT2D eigenvalue weighted by atomic mass is 10.2. The van der Waals surface area contributed by atoms with Crippen molar-refractivity contribution in [3.63, 3.8) is 0 Å². The summed E-state index contributed by atoms with van der Waals surface area (Å²) >= 11 is 11.8. The van der Waals surface area contributed by atoms with Gasteiger partial charge in [-0.25, -0.2) is 13.1 Å². The minimum absolute atomic E-state index is 0.122. The number of rotatable bonds is 4. The van der Waals surface area contributed by atoms with Gasteiger partial charge in [0.1, 0.15) is 27.9 Å². The molecule has 1 aromatic carbocycles. The molecule has 0 unspecified atom stereocenters. The maximum Gasteiger partial charge on any atom is 0.416 e. The van der Waals surface area contributed by atoms with Crippen molar-refractivity contribution in [1.82, 2.24) is 9.78 Å². The molecule has 0 amide bonds. The fourth-order valence-corrected chi connectivity index (χ4v) is 3.32. The molecule has 0 aliphatic carbocycles. The van der Waals surface area contributed by atoms with Crippen LogP contribution in [-0.4, -0.2) is 29.2 Å². The molecular weight excluding hydrogens is 422 g/mol. The van der Waals surface area contributed by atoms with Crippen LogP contribution in [0.15, 0.2) is 17.3 Å². The Hall–Kier alpha value is -2.18. The monoisotopic (exact) mass is 431 g/mol. The first-order valence-electron chi connectivity index (χ1n) is 6.51. The molecule has 5 N–H and O–H groups in total. The number of anilines is 1. The standard InChI is InChI=1S/C12H10Cl2F3N5O3S/c13-6-1-4(12(15,16)17)2-7(14)9(6)22-11(19)5(3-26(24)25)8(20-22)10(18)21-23/h1-2,23,26H,3,19H2,(H2,18,21). The molecule has 0 saturated carbocycles. The van der Waals surface area contributed by atoms with Gasteiger partial charge in [-0.05, 0) is 12.1 Å². The van der Waals surface area contributed by atoms with Crippen LogP contribution in [0.5, 0.6) is 0 Å². The number of halogens is 5. The van der Waals surface area contributed by atoms with E-state index >= 15 is 0 Å². The van der Waals surface area contributed by atoms with Gasteiger partial charge in [0.15, 0.2) is 5.84 Å². The molecule has 0 atom stereocenters. The number of alkyl halides is 3. The Morgan fingerprint density at radius 2 is 1.85 bits per heavy atom. The Bertz CT molecular complexity index is 941. The van der Waals surface area contributed by atoms with Crippen LogP contribution >= 0.6 is 23.2 Å². The third-order valence-electron chi connectivity index (χ3n) is 3.22. The third kappa shape index (κ3) is 3.81.